The van der Waals surface area contributed by atoms with Crippen LogP contribution >= 0.6 is 0 Å². The molecule has 0 aromatic heterocycles. The highest BCUT2D eigenvalue weighted by atomic mass is 15.1. The molecule has 0 radical (unpaired) electrons. The minimum Gasteiger partial charge on any atom is -0.309 e. The molecular formula is C19H24N2. The van der Waals surface area contributed by atoms with Crippen molar-refractivity contribution in [3.63, 3.8) is 0 Å². The zero-order valence-corrected chi connectivity index (χ0v) is 13.0. The zero-order chi connectivity index (χ0) is 14.7. The first-order valence-corrected chi connectivity index (χ1v) is 7.77. The van der Waals surface area contributed by atoms with Crippen molar-refractivity contribution in [2.24, 2.45) is 0 Å². The van der Waals surface area contributed by atoms with Gasteiger partial charge >= 0.3 is 0 Å². The maximum absolute atomic E-state index is 2.58. The lowest BCUT2D eigenvalue weighted by Gasteiger charge is -2.22. The first-order chi connectivity index (χ1) is 10.2. The molecule has 1 heterocycles. The van der Waals surface area contributed by atoms with Crippen molar-refractivity contribution in [2.75, 3.05) is 27.2 Å². The topological polar surface area (TPSA) is 6.48 Å². The molecule has 0 saturated heterocycles. The van der Waals surface area contributed by atoms with E-state index in [1.807, 2.05) is 0 Å². The first-order valence-electron chi connectivity index (χ1n) is 7.77. The maximum Gasteiger partial charge on any atom is 0.0243 e. The molecule has 0 spiro atoms. The van der Waals surface area contributed by atoms with Crippen LogP contribution in [0, 0.1) is 0 Å². The third-order valence-electron chi connectivity index (χ3n) is 4.19. The van der Waals surface area contributed by atoms with E-state index in [0.717, 1.165) is 26.2 Å². The molecule has 0 bridgehead atoms. The quantitative estimate of drug-likeness (QED) is 0.844. The third-order valence-corrected chi connectivity index (χ3v) is 4.19. The van der Waals surface area contributed by atoms with Gasteiger partial charge in [-0.05, 0) is 49.3 Å². The average Bonchev–Trinajstić information content (AvgIpc) is 2.63. The lowest BCUT2D eigenvalue weighted by Crippen LogP contribution is -2.26. The van der Waals surface area contributed by atoms with E-state index in [-0.39, 0.29) is 0 Å². The second-order valence-electron chi connectivity index (χ2n) is 6.18. The van der Waals surface area contributed by atoms with Crippen molar-refractivity contribution < 1.29 is 0 Å². The molecule has 3 rings (SSSR count). The Balaban J connectivity index is 1.86. The molecule has 21 heavy (non-hydrogen) atoms. The Bertz CT molecular complexity index is 557. The minimum atomic E-state index is 1.05. The van der Waals surface area contributed by atoms with E-state index in [9.17, 15) is 0 Å². The van der Waals surface area contributed by atoms with Crippen LogP contribution in [0.4, 0.5) is 0 Å². The van der Waals surface area contributed by atoms with Crippen LogP contribution in [0.5, 0.6) is 0 Å². The monoisotopic (exact) mass is 280 g/mol. The Hall–Kier alpha value is -1.64. The Kier molecular flexibility index (Phi) is 4.37. The smallest absolute Gasteiger partial charge is 0.0243 e. The molecule has 0 aliphatic carbocycles. The van der Waals surface area contributed by atoms with Crippen LogP contribution in [0.3, 0.4) is 0 Å². The summed E-state index contributed by atoms with van der Waals surface area (Å²) in [5, 5.41) is 0. The Morgan fingerprint density at radius 2 is 1.38 bits per heavy atom. The zero-order valence-electron chi connectivity index (χ0n) is 13.0. The molecule has 2 aromatic carbocycles. The lowest BCUT2D eigenvalue weighted by atomic mass is 9.97. The molecule has 2 aromatic rings. The lowest BCUT2D eigenvalue weighted by molar-refractivity contribution is 0.242. The van der Waals surface area contributed by atoms with Gasteiger partial charge in [0.05, 0.1) is 0 Å². The molecule has 0 fully saturated rings. The molecule has 0 saturated carbocycles. The fourth-order valence-electron chi connectivity index (χ4n) is 3.15. The molecule has 0 amide bonds. The van der Waals surface area contributed by atoms with Gasteiger partial charge in [-0.1, -0.05) is 48.5 Å². The average molecular weight is 280 g/mol. The van der Waals surface area contributed by atoms with Crippen LogP contribution < -0.4 is 0 Å². The Labute approximate surface area is 128 Å². The number of hydrogen-bond acceptors (Lipinski definition) is 2. The highest BCUT2D eigenvalue weighted by Crippen LogP contribution is 2.32. The van der Waals surface area contributed by atoms with Crippen LogP contribution in [0.25, 0.3) is 11.1 Å². The van der Waals surface area contributed by atoms with Gasteiger partial charge in [0.1, 0.15) is 0 Å². The summed E-state index contributed by atoms with van der Waals surface area (Å²) in [6.45, 7) is 4.41. The van der Waals surface area contributed by atoms with Crippen LogP contribution in [0.1, 0.15) is 17.5 Å². The van der Waals surface area contributed by atoms with Gasteiger partial charge in [0.25, 0.3) is 0 Å². The van der Waals surface area contributed by atoms with Crippen LogP contribution in [-0.4, -0.2) is 37.0 Å². The predicted molar refractivity (Wildman–Crippen MR) is 89.2 cm³/mol. The van der Waals surface area contributed by atoms with Crippen molar-refractivity contribution in [2.45, 2.75) is 19.5 Å². The van der Waals surface area contributed by atoms with E-state index in [4.69, 9.17) is 0 Å². The number of fused-ring (bicyclic) bond motifs is 3. The normalized spacial score (nSPS) is 14.6. The molecular weight excluding hydrogens is 256 g/mol. The number of nitrogens with zero attached hydrogens (tertiary/aromatic N) is 2. The summed E-state index contributed by atoms with van der Waals surface area (Å²) in [7, 11) is 4.29. The van der Waals surface area contributed by atoms with Gasteiger partial charge < -0.3 is 4.90 Å². The van der Waals surface area contributed by atoms with Crippen molar-refractivity contribution in [3.8, 4) is 11.1 Å². The van der Waals surface area contributed by atoms with Gasteiger partial charge in [0.2, 0.25) is 0 Å². The first kappa shape index (κ1) is 14.3. The largest absolute Gasteiger partial charge is 0.309 e. The highest BCUT2D eigenvalue weighted by Gasteiger charge is 2.18. The number of rotatable bonds is 4. The van der Waals surface area contributed by atoms with E-state index in [0.29, 0.717) is 0 Å². The molecule has 110 valence electrons. The van der Waals surface area contributed by atoms with E-state index >= 15 is 0 Å². The summed E-state index contributed by atoms with van der Waals surface area (Å²) in [6, 6.07) is 17.7. The Morgan fingerprint density at radius 3 is 1.90 bits per heavy atom. The molecule has 2 heteroatoms. The molecule has 1 aliphatic rings. The summed E-state index contributed by atoms with van der Waals surface area (Å²) in [4.78, 5) is 4.84. The van der Waals surface area contributed by atoms with Gasteiger partial charge in [-0.15, -0.1) is 0 Å². The van der Waals surface area contributed by atoms with E-state index in [1.165, 1.54) is 28.7 Å². The van der Waals surface area contributed by atoms with Gasteiger partial charge in [-0.3, -0.25) is 4.90 Å². The number of benzene rings is 2. The summed E-state index contributed by atoms with van der Waals surface area (Å²) in [5.41, 5.74) is 5.71. The second kappa shape index (κ2) is 6.42. The van der Waals surface area contributed by atoms with Crippen molar-refractivity contribution in [1.82, 2.24) is 9.80 Å². The van der Waals surface area contributed by atoms with E-state index in [2.05, 4.69) is 72.4 Å². The van der Waals surface area contributed by atoms with Crippen molar-refractivity contribution in [1.29, 1.82) is 0 Å². The molecule has 0 unspecified atom stereocenters. The van der Waals surface area contributed by atoms with Crippen LogP contribution in [-0.2, 0) is 13.1 Å². The molecule has 0 atom stereocenters. The summed E-state index contributed by atoms with van der Waals surface area (Å²) >= 11 is 0. The standard InChI is InChI=1S/C19H24N2/c1-20(2)12-7-13-21-14-16-8-3-5-10-18(16)19-11-6-4-9-17(19)15-21/h3-6,8-11H,7,12-15H2,1-2H3. The highest BCUT2D eigenvalue weighted by molar-refractivity contribution is 5.71. The molecule has 2 nitrogen and oxygen atoms in total. The van der Waals surface area contributed by atoms with Crippen LogP contribution in [0.2, 0.25) is 0 Å². The van der Waals surface area contributed by atoms with Gasteiger partial charge in [0, 0.05) is 19.6 Å². The predicted octanol–water partition coefficient (Wildman–Crippen LogP) is 3.62. The molecule has 1 aliphatic heterocycles. The van der Waals surface area contributed by atoms with Crippen molar-refractivity contribution in [3.05, 3.63) is 59.7 Å². The van der Waals surface area contributed by atoms with E-state index < -0.39 is 0 Å². The van der Waals surface area contributed by atoms with Crippen LogP contribution in [0.15, 0.2) is 48.5 Å². The van der Waals surface area contributed by atoms with E-state index in [1.54, 1.807) is 0 Å². The van der Waals surface area contributed by atoms with Gasteiger partial charge in [-0.25, -0.2) is 0 Å². The SMILES string of the molecule is CN(C)CCCN1Cc2ccccc2-c2ccccc2C1. The second-order valence-corrected chi connectivity index (χ2v) is 6.18. The minimum absolute atomic E-state index is 1.05. The third kappa shape index (κ3) is 3.34. The maximum atomic E-state index is 2.58. The summed E-state index contributed by atoms with van der Waals surface area (Å²) in [5.74, 6) is 0. The molecule has 0 N–H and O–H groups in total. The van der Waals surface area contributed by atoms with Gasteiger partial charge in [0.15, 0.2) is 0 Å². The Morgan fingerprint density at radius 1 is 0.857 bits per heavy atom. The fraction of sp³-hybridized carbons (Fsp3) is 0.368. The fourth-order valence-corrected chi connectivity index (χ4v) is 3.15. The summed E-state index contributed by atoms with van der Waals surface area (Å²) in [6.07, 6.45) is 1.22. The van der Waals surface area contributed by atoms with Gasteiger partial charge in [-0.2, -0.15) is 0 Å². The summed E-state index contributed by atoms with van der Waals surface area (Å²) < 4.78 is 0. The van der Waals surface area contributed by atoms with Crippen molar-refractivity contribution >= 4 is 0 Å². The number of hydrogen-bond donors (Lipinski definition) is 0.